The lowest BCUT2D eigenvalue weighted by atomic mass is 10.2. The monoisotopic (exact) mass is 376 g/mol. The average molecular weight is 377 g/mol. The molecule has 1 aliphatic heterocycles. The Kier molecular flexibility index (Phi) is 5.85. The van der Waals surface area contributed by atoms with Crippen molar-refractivity contribution in [1.82, 2.24) is 0 Å². The highest BCUT2D eigenvalue weighted by Crippen LogP contribution is 2.37. The molecule has 1 heterocycles. The highest BCUT2D eigenvalue weighted by Gasteiger charge is 2.23. The van der Waals surface area contributed by atoms with Crippen LogP contribution in [-0.2, 0) is 9.53 Å². The number of carbonyl (C=O) groups excluding carboxylic acids is 1. The third-order valence-corrected chi connectivity index (χ3v) is 4.42. The minimum Gasteiger partial charge on any atom is -0.495 e. The zero-order valence-corrected chi connectivity index (χ0v) is 15.4. The maximum atomic E-state index is 12.1. The fourth-order valence-electron chi connectivity index (χ4n) is 2.76. The second-order valence-electron chi connectivity index (χ2n) is 5.88. The van der Waals surface area contributed by atoms with Crippen LogP contribution in [0.4, 0.5) is 17.1 Å². The van der Waals surface area contributed by atoms with Crippen molar-refractivity contribution in [1.29, 1.82) is 0 Å². The maximum Gasteiger partial charge on any atom is 0.253 e. The zero-order valence-electron chi connectivity index (χ0n) is 14.7. The first kappa shape index (κ1) is 18.4. The molecule has 1 atom stereocenters. The SMILES string of the molecule is COc1cc(Nc2ccc(NC(=O)C3CCCO3)cc2)c(OC)cc1Cl. The van der Waals surface area contributed by atoms with Gasteiger partial charge in [0.15, 0.2) is 0 Å². The Hall–Kier alpha value is -2.44. The Morgan fingerprint density at radius 2 is 1.81 bits per heavy atom. The molecule has 0 radical (unpaired) electrons. The number of benzene rings is 2. The molecular weight excluding hydrogens is 356 g/mol. The van der Waals surface area contributed by atoms with Gasteiger partial charge < -0.3 is 24.8 Å². The molecule has 0 saturated carbocycles. The van der Waals surface area contributed by atoms with Crippen LogP contribution in [-0.4, -0.2) is 32.8 Å². The number of carbonyl (C=O) groups is 1. The van der Waals surface area contributed by atoms with Crippen molar-refractivity contribution in [2.75, 3.05) is 31.5 Å². The van der Waals surface area contributed by atoms with E-state index in [0.717, 1.165) is 29.9 Å². The number of anilines is 3. The van der Waals surface area contributed by atoms with Crippen LogP contribution in [0.25, 0.3) is 0 Å². The van der Waals surface area contributed by atoms with Gasteiger partial charge in [-0.15, -0.1) is 0 Å². The lowest BCUT2D eigenvalue weighted by Crippen LogP contribution is -2.26. The first-order chi connectivity index (χ1) is 12.6. The van der Waals surface area contributed by atoms with E-state index >= 15 is 0 Å². The number of ether oxygens (including phenoxy) is 3. The van der Waals surface area contributed by atoms with E-state index in [1.54, 1.807) is 26.4 Å². The first-order valence-electron chi connectivity index (χ1n) is 8.32. The number of rotatable bonds is 6. The summed E-state index contributed by atoms with van der Waals surface area (Å²) in [7, 11) is 3.13. The third kappa shape index (κ3) is 4.20. The van der Waals surface area contributed by atoms with Crippen molar-refractivity contribution in [3.8, 4) is 11.5 Å². The van der Waals surface area contributed by atoms with E-state index in [-0.39, 0.29) is 12.0 Å². The quantitative estimate of drug-likeness (QED) is 0.790. The molecule has 26 heavy (non-hydrogen) atoms. The molecule has 2 aromatic rings. The van der Waals surface area contributed by atoms with Gasteiger partial charge in [0.1, 0.15) is 17.6 Å². The fraction of sp³-hybridized carbons (Fsp3) is 0.316. The van der Waals surface area contributed by atoms with E-state index in [1.165, 1.54) is 0 Å². The van der Waals surface area contributed by atoms with Gasteiger partial charge in [-0.25, -0.2) is 0 Å². The molecule has 1 amide bonds. The molecule has 1 fully saturated rings. The lowest BCUT2D eigenvalue weighted by Gasteiger charge is -2.15. The van der Waals surface area contributed by atoms with Crippen molar-refractivity contribution in [3.05, 3.63) is 41.4 Å². The normalized spacial score (nSPS) is 16.2. The Bertz CT molecular complexity index is 774. The predicted octanol–water partition coefficient (Wildman–Crippen LogP) is 4.22. The molecule has 2 N–H and O–H groups in total. The van der Waals surface area contributed by atoms with Crippen LogP contribution in [0.15, 0.2) is 36.4 Å². The van der Waals surface area contributed by atoms with Crippen LogP contribution >= 0.6 is 11.6 Å². The van der Waals surface area contributed by atoms with Gasteiger partial charge in [-0.2, -0.15) is 0 Å². The Balaban J connectivity index is 1.70. The lowest BCUT2D eigenvalue weighted by molar-refractivity contribution is -0.124. The van der Waals surface area contributed by atoms with Gasteiger partial charge in [0.2, 0.25) is 0 Å². The molecule has 0 aliphatic carbocycles. The second kappa shape index (κ2) is 8.29. The van der Waals surface area contributed by atoms with Gasteiger partial charge in [-0.3, -0.25) is 4.79 Å². The predicted molar refractivity (Wildman–Crippen MR) is 102 cm³/mol. The molecule has 7 heteroatoms. The maximum absolute atomic E-state index is 12.1. The molecule has 2 aromatic carbocycles. The van der Waals surface area contributed by atoms with Crippen LogP contribution in [0.5, 0.6) is 11.5 Å². The fourth-order valence-corrected chi connectivity index (χ4v) is 2.99. The van der Waals surface area contributed by atoms with Crippen molar-refractivity contribution in [2.45, 2.75) is 18.9 Å². The van der Waals surface area contributed by atoms with Crippen molar-refractivity contribution >= 4 is 34.6 Å². The zero-order chi connectivity index (χ0) is 18.5. The standard InChI is InChI=1S/C19H21ClN2O4/c1-24-17-11-15(18(25-2)10-14(17)20)21-12-5-7-13(8-6-12)22-19(23)16-4-3-9-26-16/h5-8,10-11,16,21H,3-4,9H2,1-2H3,(H,22,23). The minimum atomic E-state index is -0.349. The summed E-state index contributed by atoms with van der Waals surface area (Å²) in [5.41, 5.74) is 2.28. The molecule has 0 bridgehead atoms. The molecule has 138 valence electrons. The van der Waals surface area contributed by atoms with Gasteiger partial charge >= 0.3 is 0 Å². The van der Waals surface area contributed by atoms with Gasteiger partial charge in [-0.1, -0.05) is 11.6 Å². The van der Waals surface area contributed by atoms with Crippen LogP contribution in [0.3, 0.4) is 0 Å². The van der Waals surface area contributed by atoms with E-state index in [9.17, 15) is 4.79 Å². The van der Waals surface area contributed by atoms with Crippen LogP contribution < -0.4 is 20.1 Å². The Morgan fingerprint density at radius 1 is 1.12 bits per heavy atom. The van der Waals surface area contributed by atoms with Gasteiger partial charge in [0.25, 0.3) is 5.91 Å². The summed E-state index contributed by atoms with van der Waals surface area (Å²) in [6.45, 7) is 0.646. The number of nitrogens with one attached hydrogen (secondary N) is 2. The Morgan fingerprint density at radius 3 is 2.42 bits per heavy atom. The van der Waals surface area contributed by atoms with Gasteiger partial charge in [-0.05, 0) is 37.1 Å². The summed E-state index contributed by atoms with van der Waals surface area (Å²) in [6, 6.07) is 10.9. The number of hydrogen-bond acceptors (Lipinski definition) is 5. The van der Waals surface area contributed by atoms with Crippen molar-refractivity contribution in [3.63, 3.8) is 0 Å². The summed E-state index contributed by atoms with van der Waals surface area (Å²) < 4.78 is 16.0. The topological polar surface area (TPSA) is 68.8 Å². The third-order valence-electron chi connectivity index (χ3n) is 4.13. The number of halogens is 1. The summed E-state index contributed by atoms with van der Waals surface area (Å²) in [5.74, 6) is 1.05. The smallest absolute Gasteiger partial charge is 0.253 e. The van der Waals surface area contributed by atoms with Crippen LogP contribution in [0.2, 0.25) is 5.02 Å². The second-order valence-corrected chi connectivity index (χ2v) is 6.29. The highest BCUT2D eigenvalue weighted by molar-refractivity contribution is 6.32. The van der Waals surface area contributed by atoms with Crippen molar-refractivity contribution in [2.24, 2.45) is 0 Å². The summed E-state index contributed by atoms with van der Waals surface area (Å²) in [5, 5.41) is 6.60. The van der Waals surface area contributed by atoms with E-state index in [1.807, 2.05) is 24.3 Å². The van der Waals surface area contributed by atoms with Crippen molar-refractivity contribution < 1.29 is 19.0 Å². The minimum absolute atomic E-state index is 0.104. The van der Waals surface area contributed by atoms with Gasteiger partial charge in [0, 0.05) is 30.1 Å². The molecule has 1 saturated heterocycles. The molecule has 3 rings (SSSR count). The summed E-state index contributed by atoms with van der Waals surface area (Å²) in [4.78, 5) is 12.1. The van der Waals surface area contributed by atoms with Crippen LogP contribution in [0.1, 0.15) is 12.8 Å². The molecule has 1 unspecified atom stereocenters. The van der Waals surface area contributed by atoms with E-state index in [0.29, 0.717) is 23.1 Å². The number of amides is 1. The molecule has 0 spiro atoms. The molecule has 0 aromatic heterocycles. The Labute approximate surface area is 157 Å². The molecule has 1 aliphatic rings. The summed E-state index contributed by atoms with van der Waals surface area (Å²) >= 11 is 6.12. The van der Waals surface area contributed by atoms with Crippen LogP contribution in [0, 0.1) is 0 Å². The molecule has 6 nitrogen and oxygen atoms in total. The average Bonchev–Trinajstić information content (AvgIpc) is 3.19. The van der Waals surface area contributed by atoms with E-state index < -0.39 is 0 Å². The van der Waals surface area contributed by atoms with E-state index in [4.69, 9.17) is 25.8 Å². The largest absolute Gasteiger partial charge is 0.495 e. The van der Waals surface area contributed by atoms with E-state index in [2.05, 4.69) is 10.6 Å². The summed E-state index contributed by atoms with van der Waals surface area (Å²) in [6.07, 6.45) is 1.34. The number of hydrogen-bond donors (Lipinski definition) is 2. The van der Waals surface area contributed by atoms with Gasteiger partial charge in [0.05, 0.1) is 24.9 Å². The molecular formula is C19H21ClN2O4. The number of methoxy groups -OCH3 is 2. The highest BCUT2D eigenvalue weighted by atomic mass is 35.5. The first-order valence-corrected chi connectivity index (χ1v) is 8.69.